The molecule has 0 saturated carbocycles. The van der Waals surface area contributed by atoms with Crippen LogP contribution in [-0.2, 0) is 14.8 Å². The third kappa shape index (κ3) is 6.76. The molecule has 1 unspecified atom stereocenters. The van der Waals surface area contributed by atoms with Gasteiger partial charge in [0.25, 0.3) is 0 Å². The molecule has 0 aromatic carbocycles. The maximum Gasteiger partial charge on any atom is 0.320 e. The highest BCUT2D eigenvalue weighted by Gasteiger charge is 2.23. The summed E-state index contributed by atoms with van der Waals surface area (Å²) in [6.07, 6.45) is 0. The number of likely N-dealkylation sites (N-methyl/N-ethyl adjacent to an activating group) is 1. The largest absolute Gasteiger partial charge is 0.480 e. The highest BCUT2D eigenvalue weighted by Crippen LogP contribution is 2.04. The van der Waals surface area contributed by atoms with Crippen molar-refractivity contribution in [2.24, 2.45) is 5.92 Å². The molecule has 0 aliphatic rings. The molecule has 0 heterocycles. The molecule has 0 saturated heterocycles. The average Bonchev–Trinajstić information content (AvgIpc) is 1.98. The van der Waals surface area contributed by atoms with Crippen molar-refractivity contribution >= 4 is 16.0 Å². The van der Waals surface area contributed by atoms with E-state index in [9.17, 15) is 13.2 Å². The van der Waals surface area contributed by atoms with E-state index in [0.29, 0.717) is 6.54 Å². The van der Waals surface area contributed by atoms with Crippen molar-refractivity contribution in [2.75, 3.05) is 26.4 Å². The van der Waals surface area contributed by atoms with E-state index in [-0.39, 0.29) is 12.0 Å². The number of rotatable bonds is 7. The molecule has 0 radical (unpaired) electrons. The van der Waals surface area contributed by atoms with E-state index < -0.39 is 21.7 Å². The number of hydrogen-bond donors (Lipinski definition) is 2. The van der Waals surface area contributed by atoms with E-state index in [4.69, 9.17) is 5.11 Å². The number of carbonyl (C=O) groups is 1. The quantitative estimate of drug-likeness (QED) is 0.642. The summed E-state index contributed by atoms with van der Waals surface area (Å²) >= 11 is 0. The molecular formula is C9H20N2O4S. The second kappa shape index (κ2) is 6.17. The van der Waals surface area contributed by atoms with Crippen LogP contribution in [0.25, 0.3) is 0 Å². The van der Waals surface area contributed by atoms with E-state index in [0.717, 1.165) is 0 Å². The SMILES string of the molecule is CC(C)C(CN(C)C)NS(=O)(=O)CC(=O)O. The second-order valence-corrected chi connectivity index (χ2v) is 6.14. The minimum Gasteiger partial charge on any atom is -0.480 e. The van der Waals surface area contributed by atoms with Gasteiger partial charge >= 0.3 is 5.97 Å². The molecule has 2 N–H and O–H groups in total. The number of hydrogen-bond acceptors (Lipinski definition) is 4. The van der Waals surface area contributed by atoms with E-state index in [1.807, 2.05) is 32.8 Å². The van der Waals surface area contributed by atoms with Gasteiger partial charge in [-0.2, -0.15) is 0 Å². The summed E-state index contributed by atoms with van der Waals surface area (Å²) < 4.78 is 25.3. The average molecular weight is 252 g/mol. The summed E-state index contributed by atoms with van der Waals surface area (Å²) in [5.74, 6) is -2.13. The van der Waals surface area contributed by atoms with Gasteiger partial charge in [-0.15, -0.1) is 0 Å². The van der Waals surface area contributed by atoms with Gasteiger partial charge in [-0.3, -0.25) is 4.79 Å². The Kier molecular flexibility index (Phi) is 5.91. The van der Waals surface area contributed by atoms with E-state index >= 15 is 0 Å². The van der Waals surface area contributed by atoms with Crippen molar-refractivity contribution in [1.29, 1.82) is 0 Å². The lowest BCUT2D eigenvalue weighted by Crippen LogP contribution is -2.46. The van der Waals surface area contributed by atoms with Gasteiger partial charge in [0.1, 0.15) is 0 Å². The molecular weight excluding hydrogens is 232 g/mol. The lowest BCUT2D eigenvalue weighted by Gasteiger charge is -2.25. The van der Waals surface area contributed by atoms with Crippen LogP contribution in [0.5, 0.6) is 0 Å². The predicted octanol–water partition coefficient (Wildman–Crippen LogP) is -0.423. The van der Waals surface area contributed by atoms with E-state index in [1.165, 1.54) is 0 Å². The van der Waals surface area contributed by atoms with Crippen LogP contribution in [0.15, 0.2) is 0 Å². The molecule has 0 aliphatic carbocycles. The van der Waals surface area contributed by atoms with Crippen molar-refractivity contribution < 1.29 is 18.3 Å². The fourth-order valence-corrected chi connectivity index (χ4v) is 2.43. The first-order valence-electron chi connectivity index (χ1n) is 5.00. The van der Waals surface area contributed by atoms with Crippen molar-refractivity contribution in [3.05, 3.63) is 0 Å². The first-order chi connectivity index (χ1) is 7.14. The Morgan fingerprint density at radius 2 is 1.88 bits per heavy atom. The standard InChI is InChI=1S/C9H20N2O4S/c1-7(2)8(5-11(3)4)10-16(14,15)6-9(12)13/h7-8,10H,5-6H2,1-4H3,(H,12,13). The Balaban J connectivity index is 4.56. The Bertz CT molecular complexity index is 324. The van der Waals surface area contributed by atoms with Crippen LogP contribution < -0.4 is 4.72 Å². The zero-order valence-electron chi connectivity index (χ0n) is 10.1. The highest BCUT2D eigenvalue weighted by atomic mass is 32.2. The summed E-state index contributed by atoms with van der Waals surface area (Å²) in [5, 5.41) is 8.45. The highest BCUT2D eigenvalue weighted by molar-refractivity contribution is 7.90. The lowest BCUT2D eigenvalue weighted by molar-refractivity contribution is -0.134. The number of nitrogens with one attached hydrogen (secondary N) is 1. The number of nitrogens with zero attached hydrogens (tertiary/aromatic N) is 1. The van der Waals surface area contributed by atoms with Gasteiger partial charge in [0, 0.05) is 12.6 Å². The van der Waals surface area contributed by atoms with Gasteiger partial charge in [-0.25, -0.2) is 13.1 Å². The van der Waals surface area contributed by atoms with Crippen LogP contribution in [0.3, 0.4) is 0 Å². The fraction of sp³-hybridized carbons (Fsp3) is 0.889. The molecule has 1 atom stereocenters. The van der Waals surface area contributed by atoms with Gasteiger partial charge in [0.05, 0.1) is 0 Å². The molecule has 7 heteroatoms. The molecule has 0 aromatic rings. The maximum atomic E-state index is 11.4. The predicted molar refractivity (Wildman–Crippen MR) is 61.7 cm³/mol. The van der Waals surface area contributed by atoms with Gasteiger partial charge in [-0.05, 0) is 20.0 Å². The van der Waals surface area contributed by atoms with Crippen molar-refractivity contribution in [3.63, 3.8) is 0 Å². The topological polar surface area (TPSA) is 86.7 Å². The molecule has 96 valence electrons. The van der Waals surface area contributed by atoms with Crippen LogP contribution in [0, 0.1) is 5.92 Å². The van der Waals surface area contributed by atoms with E-state index in [1.54, 1.807) is 0 Å². The first kappa shape index (κ1) is 15.3. The van der Waals surface area contributed by atoms with Crippen LogP contribution in [0.2, 0.25) is 0 Å². The normalized spacial score (nSPS) is 14.4. The maximum absolute atomic E-state index is 11.4. The van der Waals surface area contributed by atoms with Gasteiger partial charge in [0.15, 0.2) is 5.75 Å². The zero-order chi connectivity index (χ0) is 12.9. The molecule has 0 spiro atoms. The molecule has 0 fully saturated rings. The number of carboxylic acid groups (broad SMARTS) is 1. The van der Waals surface area contributed by atoms with Crippen molar-refractivity contribution in [1.82, 2.24) is 9.62 Å². The first-order valence-corrected chi connectivity index (χ1v) is 6.66. The Labute approximate surface area is 96.7 Å². The van der Waals surface area contributed by atoms with Gasteiger partial charge in [0.2, 0.25) is 10.0 Å². The number of aliphatic carboxylic acids is 1. The van der Waals surface area contributed by atoms with Crippen LogP contribution >= 0.6 is 0 Å². The Morgan fingerprint density at radius 1 is 1.38 bits per heavy atom. The van der Waals surface area contributed by atoms with Crippen molar-refractivity contribution in [2.45, 2.75) is 19.9 Å². The van der Waals surface area contributed by atoms with Crippen LogP contribution in [-0.4, -0.2) is 56.8 Å². The molecule has 0 aliphatic heterocycles. The molecule has 0 aromatic heterocycles. The Hall–Kier alpha value is -0.660. The molecule has 16 heavy (non-hydrogen) atoms. The molecule has 0 rings (SSSR count). The lowest BCUT2D eigenvalue weighted by atomic mass is 10.1. The molecule has 0 amide bonds. The minimum absolute atomic E-state index is 0.103. The third-order valence-electron chi connectivity index (χ3n) is 2.01. The fourth-order valence-electron chi connectivity index (χ4n) is 1.21. The van der Waals surface area contributed by atoms with E-state index in [2.05, 4.69) is 4.72 Å². The van der Waals surface area contributed by atoms with Crippen LogP contribution in [0.4, 0.5) is 0 Å². The smallest absolute Gasteiger partial charge is 0.320 e. The third-order valence-corrected chi connectivity index (χ3v) is 3.30. The number of sulfonamides is 1. The summed E-state index contributed by atoms with van der Waals surface area (Å²) in [7, 11) is -0.0785. The monoisotopic (exact) mass is 252 g/mol. The summed E-state index contributed by atoms with van der Waals surface area (Å²) in [4.78, 5) is 12.2. The zero-order valence-corrected chi connectivity index (χ0v) is 10.9. The number of carboxylic acids is 1. The summed E-state index contributed by atoms with van der Waals surface area (Å²) in [6.45, 7) is 4.31. The summed E-state index contributed by atoms with van der Waals surface area (Å²) in [6, 6.07) is -0.278. The van der Waals surface area contributed by atoms with Gasteiger partial charge < -0.3 is 10.0 Å². The van der Waals surface area contributed by atoms with Crippen molar-refractivity contribution in [3.8, 4) is 0 Å². The molecule has 6 nitrogen and oxygen atoms in total. The molecule has 0 bridgehead atoms. The van der Waals surface area contributed by atoms with Crippen LogP contribution in [0.1, 0.15) is 13.8 Å². The summed E-state index contributed by atoms with van der Waals surface area (Å²) in [5.41, 5.74) is 0. The minimum atomic E-state index is -3.75. The Morgan fingerprint density at radius 3 is 2.19 bits per heavy atom. The van der Waals surface area contributed by atoms with Gasteiger partial charge in [-0.1, -0.05) is 13.8 Å². The second-order valence-electron chi connectivity index (χ2n) is 4.38.